The molecule has 0 spiro atoms. The maximum Gasteiger partial charge on any atom is 0.166 e. The third-order valence-electron chi connectivity index (χ3n) is 2.51. The summed E-state index contributed by atoms with van der Waals surface area (Å²) in [5, 5.41) is 0. The molecule has 2 rings (SSSR count). The van der Waals surface area contributed by atoms with Crippen molar-refractivity contribution >= 4 is 0 Å². The Kier molecular flexibility index (Phi) is 3.58. The van der Waals surface area contributed by atoms with Crippen LogP contribution in [0.5, 0.6) is 11.5 Å². The molecule has 0 atom stereocenters. The molecule has 18 heavy (non-hydrogen) atoms. The highest BCUT2D eigenvalue weighted by Gasteiger charge is 2.06. The van der Waals surface area contributed by atoms with Crippen LogP contribution < -0.4 is 10.5 Å². The van der Waals surface area contributed by atoms with E-state index in [4.69, 9.17) is 10.5 Å². The van der Waals surface area contributed by atoms with Crippen molar-refractivity contribution in [2.24, 2.45) is 5.73 Å². The topological polar surface area (TPSA) is 48.1 Å². The summed E-state index contributed by atoms with van der Waals surface area (Å²) in [6, 6.07) is 8.25. The van der Waals surface area contributed by atoms with Crippen molar-refractivity contribution in [3.8, 4) is 11.5 Å². The standard InChI is InChI=1S/C14H15FN2O/c1-9-5-12(6-10(2)17-9)18-14-4-3-11(8-16)7-13(14)15/h3-7H,8,16H2,1-2H3. The third-order valence-corrected chi connectivity index (χ3v) is 2.51. The molecule has 0 bridgehead atoms. The molecule has 0 aliphatic carbocycles. The number of rotatable bonds is 3. The van der Waals surface area contributed by atoms with E-state index in [9.17, 15) is 4.39 Å². The number of pyridine rings is 1. The lowest BCUT2D eigenvalue weighted by Gasteiger charge is -2.09. The fraction of sp³-hybridized carbons (Fsp3) is 0.214. The minimum absolute atomic E-state index is 0.192. The monoisotopic (exact) mass is 246 g/mol. The van der Waals surface area contributed by atoms with Gasteiger partial charge in [-0.05, 0) is 31.5 Å². The van der Waals surface area contributed by atoms with Crippen LogP contribution in [0.3, 0.4) is 0 Å². The van der Waals surface area contributed by atoms with Crippen molar-refractivity contribution in [3.63, 3.8) is 0 Å². The number of hydrogen-bond acceptors (Lipinski definition) is 3. The molecule has 3 nitrogen and oxygen atoms in total. The zero-order valence-electron chi connectivity index (χ0n) is 10.4. The van der Waals surface area contributed by atoms with Gasteiger partial charge in [0.15, 0.2) is 11.6 Å². The molecule has 1 heterocycles. The van der Waals surface area contributed by atoms with Crippen molar-refractivity contribution < 1.29 is 9.13 Å². The molecule has 1 aromatic carbocycles. The Balaban J connectivity index is 2.28. The van der Waals surface area contributed by atoms with Gasteiger partial charge in [0.05, 0.1) is 0 Å². The van der Waals surface area contributed by atoms with E-state index in [1.807, 2.05) is 13.8 Å². The lowest BCUT2D eigenvalue weighted by molar-refractivity contribution is 0.440. The smallest absolute Gasteiger partial charge is 0.166 e. The largest absolute Gasteiger partial charge is 0.454 e. The van der Waals surface area contributed by atoms with E-state index in [-0.39, 0.29) is 5.75 Å². The molecule has 0 saturated heterocycles. The number of nitrogens with two attached hydrogens (primary N) is 1. The van der Waals surface area contributed by atoms with Crippen molar-refractivity contribution in [2.45, 2.75) is 20.4 Å². The summed E-state index contributed by atoms with van der Waals surface area (Å²) < 4.78 is 19.2. The van der Waals surface area contributed by atoms with E-state index in [1.54, 1.807) is 24.3 Å². The van der Waals surface area contributed by atoms with Gasteiger partial charge in [0.25, 0.3) is 0 Å². The Bertz CT molecular complexity index is 549. The molecule has 94 valence electrons. The van der Waals surface area contributed by atoms with Crippen LogP contribution in [0.15, 0.2) is 30.3 Å². The van der Waals surface area contributed by atoms with E-state index in [2.05, 4.69) is 4.98 Å². The first kappa shape index (κ1) is 12.5. The van der Waals surface area contributed by atoms with Gasteiger partial charge in [0, 0.05) is 30.1 Å². The normalized spacial score (nSPS) is 10.4. The van der Waals surface area contributed by atoms with Crippen LogP contribution in [-0.2, 0) is 6.54 Å². The van der Waals surface area contributed by atoms with Gasteiger partial charge >= 0.3 is 0 Å². The first-order valence-corrected chi connectivity index (χ1v) is 5.70. The van der Waals surface area contributed by atoms with Crippen LogP contribution in [0.2, 0.25) is 0 Å². The number of halogens is 1. The molecule has 0 unspecified atom stereocenters. The maximum atomic E-state index is 13.7. The molecule has 0 aliphatic heterocycles. The van der Waals surface area contributed by atoms with Crippen molar-refractivity contribution in [1.82, 2.24) is 4.98 Å². The van der Waals surface area contributed by atoms with Crippen LogP contribution in [0.25, 0.3) is 0 Å². The van der Waals surface area contributed by atoms with Gasteiger partial charge in [-0.25, -0.2) is 4.39 Å². The Labute approximate surface area is 105 Å². The van der Waals surface area contributed by atoms with Gasteiger partial charge in [0.2, 0.25) is 0 Å². The van der Waals surface area contributed by atoms with Crippen LogP contribution in [0, 0.1) is 19.7 Å². The fourth-order valence-electron chi connectivity index (χ4n) is 1.74. The summed E-state index contributed by atoms with van der Waals surface area (Å²) in [7, 11) is 0. The van der Waals surface area contributed by atoms with Gasteiger partial charge < -0.3 is 10.5 Å². The van der Waals surface area contributed by atoms with E-state index < -0.39 is 5.82 Å². The Hall–Kier alpha value is -1.94. The fourth-order valence-corrected chi connectivity index (χ4v) is 1.74. The summed E-state index contributed by atoms with van der Waals surface area (Å²) in [6.07, 6.45) is 0. The molecule has 0 saturated carbocycles. The van der Waals surface area contributed by atoms with Crippen LogP contribution in [0.4, 0.5) is 4.39 Å². The molecule has 0 aliphatic rings. The third kappa shape index (κ3) is 2.84. The average molecular weight is 246 g/mol. The second-order valence-electron chi connectivity index (χ2n) is 4.16. The zero-order chi connectivity index (χ0) is 13.1. The van der Waals surface area contributed by atoms with E-state index >= 15 is 0 Å². The minimum atomic E-state index is -0.412. The zero-order valence-corrected chi connectivity index (χ0v) is 10.4. The Morgan fingerprint density at radius 2 is 1.83 bits per heavy atom. The highest BCUT2D eigenvalue weighted by molar-refractivity contribution is 5.35. The molecule has 4 heteroatoms. The van der Waals surface area contributed by atoms with Gasteiger partial charge in [-0.2, -0.15) is 0 Å². The number of ether oxygens (including phenoxy) is 1. The van der Waals surface area contributed by atoms with Crippen molar-refractivity contribution in [2.75, 3.05) is 0 Å². The summed E-state index contributed by atoms with van der Waals surface area (Å²) in [5.41, 5.74) is 7.86. The van der Waals surface area contributed by atoms with E-state index in [0.29, 0.717) is 12.3 Å². The number of aryl methyl sites for hydroxylation is 2. The van der Waals surface area contributed by atoms with Crippen LogP contribution in [-0.4, -0.2) is 4.98 Å². The van der Waals surface area contributed by atoms with Gasteiger partial charge in [-0.3, -0.25) is 4.98 Å². The second-order valence-corrected chi connectivity index (χ2v) is 4.16. The molecule has 1 aromatic heterocycles. The highest BCUT2D eigenvalue weighted by Crippen LogP contribution is 2.25. The van der Waals surface area contributed by atoms with Crippen molar-refractivity contribution in [1.29, 1.82) is 0 Å². The molecule has 0 fully saturated rings. The lowest BCUT2D eigenvalue weighted by atomic mass is 10.2. The lowest BCUT2D eigenvalue weighted by Crippen LogP contribution is -1.98. The highest BCUT2D eigenvalue weighted by atomic mass is 19.1. The maximum absolute atomic E-state index is 13.7. The number of aromatic nitrogens is 1. The number of benzene rings is 1. The van der Waals surface area contributed by atoms with Crippen LogP contribution in [0.1, 0.15) is 17.0 Å². The van der Waals surface area contributed by atoms with Gasteiger partial charge in [0.1, 0.15) is 5.75 Å². The molecular formula is C14H15FN2O. The number of nitrogens with zero attached hydrogens (tertiary/aromatic N) is 1. The van der Waals surface area contributed by atoms with Gasteiger partial charge in [-0.15, -0.1) is 0 Å². The van der Waals surface area contributed by atoms with E-state index in [1.165, 1.54) is 6.07 Å². The summed E-state index contributed by atoms with van der Waals surface area (Å²) in [6.45, 7) is 4.05. The average Bonchev–Trinajstić information content (AvgIpc) is 2.30. The van der Waals surface area contributed by atoms with Crippen LogP contribution >= 0.6 is 0 Å². The first-order valence-electron chi connectivity index (χ1n) is 5.70. The molecular weight excluding hydrogens is 231 g/mol. The summed E-state index contributed by atoms with van der Waals surface area (Å²) in [4.78, 5) is 4.24. The predicted octanol–water partition coefficient (Wildman–Crippen LogP) is 3.09. The SMILES string of the molecule is Cc1cc(Oc2ccc(CN)cc2F)cc(C)n1. The Morgan fingerprint density at radius 1 is 1.17 bits per heavy atom. The minimum Gasteiger partial charge on any atom is -0.454 e. The molecule has 0 amide bonds. The quantitative estimate of drug-likeness (QED) is 0.905. The first-order chi connectivity index (χ1) is 8.58. The van der Waals surface area contributed by atoms with E-state index in [0.717, 1.165) is 17.0 Å². The molecule has 2 N–H and O–H groups in total. The second kappa shape index (κ2) is 5.14. The number of hydrogen-bond donors (Lipinski definition) is 1. The predicted molar refractivity (Wildman–Crippen MR) is 68.1 cm³/mol. The Morgan fingerprint density at radius 3 is 2.39 bits per heavy atom. The molecule has 0 radical (unpaired) electrons. The summed E-state index contributed by atoms with van der Waals surface area (Å²) >= 11 is 0. The van der Waals surface area contributed by atoms with Crippen molar-refractivity contribution in [3.05, 3.63) is 53.1 Å². The summed E-state index contributed by atoms with van der Waals surface area (Å²) in [5.74, 6) is 0.363. The van der Waals surface area contributed by atoms with Gasteiger partial charge in [-0.1, -0.05) is 6.07 Å². The molecule has 2 aromatic rings.